The Morgan fingerprint density at radius 3 is 2.40 bits per heavy atom. The molecule has 0 unspecified atom stereocenters. The Bertz CT molecular complexity index is 629. The van der Waals surface area contributed by atoms with Crippen LogP contribution in [0.25, 0.3) is 0 Å². The number of guanidine groups is 1. The molecule has 142 valence electrons. The average Bonchev–Trinajstić information content (AvgIpc) is 2.56. The number of aliphatic imine (C=N–C) groups is 1. The van der Waals surface area contributed by atoms with Crippen LogP contribution in [0.3, 0.4) is 0 Å². The highest BCUT2D eigenvalue weighted by Crippen LogP contribution is 2.21. The minimum atomic E-state index is -3.13. The number of likely N-dealkylation sites (tertiary alicyclic amines) is 1. The molecule has 0 spiro atoms. The van der Waals surface area contributed by atoms with Gasteiger partial charge in [-0.25, -0.2) is 13.1 Å². The molecule has 0 amide bonds. The van der Waals surface area contributed by atoms with Crippen molar-refractivity contribution in [3.8, 4) is 0 Å². The molecule has 6 nitrogen and oxygen atoms in total. The average molecular weight is 480 g/mol. The second kappa shape index (κ2) is 11.0. The van der Waals surface area contributed by atoms with Gasteiger partial charge in [-0.2, -0.15) is 0 Å². The van der Waals surface area contributed by atoms with Crippen molar-refractivity contribution in [2.24, 2.45) is 10.9 Å². The van der Waals surface area contributed by atoms with E-state index in [-0.39, 0.29) is 24.0 Å². The number of nitrogens with zero attached hydrogens (tertiary/aromatic N) is 2. The van der Waals surface area contributed by atoms with Crippen LogP contribution in [0.15, 0.2) is 35.3 Å². The Morgan fingerprint density at radius 2 is 1.84 bits per heavy atom. The summed E-state index contributed by atoms with van der Waals surface area (Å²) in [6, 6.07) is 10.6. The molecule has 0 saturated carbocycles. The van der Waals surface area contributed by atoms with Gasteiger partial charge in [-0.3, -0.25) is 4.99 Å². The first-order valence-electron chi connectivity index (χ1n) is 8.42. The van der Waals surface area contributed by atoms with Gasteiger partial charge in [-0.05, 0) is 30.7 Å². The fourth-order valence-electron chi connectivity index (χ4n) is 3.04. The number of halogens is 1. The maximum absolute atomic E-state index is 11.1. The molecule has 8 heteroatoms. The lowest BCUT2D eigenvalue weighted by Gasteiger charge is -2.34. The quantitative estimate of drug-likeness (QED) is 0.281. The molecule has 2 N–H and O–H groups in total. The van der Waals surface area contributed by atoms with Crippen molar-refractivity contribution in [2.75, 3.05) is 39.5 Å². The third kappa shape index (κ3) is 8.37. The minimum absolute atomic E-state index is 0. The highest BCUT2D eigenvalue weighted by atomic mass is 127. The van der Waals surface area contributed by atoms with E-state index in [4.69, 9.17) is 0 Å². The van der Waals surface area contributed by atoms with Crippen LogP contribution in [-0.2, 0) is 16.4 Å². The number of hydrogen-bond donors (Lipinski definition) is 2. The normalized spacial score (nSPS) is 16.4. The number of nitrogens with one attached hydrogen (secondary N) is 2. The molecule has 1 fully saturated rings. The van der Waals surface area contributed by atoms with Crippen molar-refractivity contribution in [3.05, 3.63) is 35.9 Å². The Kier molecular flexibility index (Phi) is 9.73. The maximum atomic E-state index is 11.1. The molecule has 0 radical (unpaired) electrons. The largest absolute Gasteiger partial charge is 0.355 e. The summed E-state index contributed by atoms with van der Waals surface area (Å²) < 4.78 is 24.6. The van der Waals surface area contributed by atoms with Gasteiger partial charge >= 0.3 is 0 Å². The molecule has 1 saturated heterocycles. The van der Waals surface area contributed by atoms with Crippen LogP contribution in [0.5, 0.6) is 0 Å². The third-order valence-electron chi connectivity index (χ3n) is 4.27. The third-order valence-corrected chi connectivity index (χ3v) is 4.99. The molecule has 0 atom stereocenters. The molecule has 0 bridgehead atoms. The van der Waals surface area contributed by atoms with Crippen molar-refractivity contribution in [1.82, 2.24) is 14.9 Å². The molecule has 1 aromatic carbocycles. The van der Waals surface area contributed by atoms with Crippen LogP contribution in [-0.4, -0.2) is 58.8 Å². The molecule has 2 rings (SSSR count). The molecular formula is C17H29IN4O2S. The van der Waals surface area contributed by atoms with Crippen LogP contribution in [0.2, 0.25) is 0 Å². The molecule has 1 aliphatic rings. The van der Waals surface area contributed by atoms with Gasteiger partial charge in [0.2, 0.25) is 10.0 Å². The predicted octanol–water partition coefficient (Wildman–Crippen LogP) is 1.68. The lowest BCUT2D eigenvalue weighted by Crippen LogP contribution is -2.47. The van der Waals surface area contributed by atoms with Crippen LogP contribution < -0.4 is 10.0 Å². The van der Waals surface area contributed by atoms with Gasteiger partial charge in [-0.15, -0.1) is 24.0 Å². The lowest BCUT2D eigenvalue weighted by molar-refractivity contribution is 0.259. The highest BCUT2D eigenvalue weighted by molar-refractivity contribution is 14.0. The van der Waals surface area contributed by atoms with Crippen LogP contribution in [0.4, 0.5) is 0 Å². The Balaban J connectivity index is 0.00000312. The van der Waals surface area contributed by atoms with Crippen molar-refractivity contribution in [2.45, 2.75) is 19.3 Å². The van der Waals surface area contributed by atoms with E-state index in [1.165, 1.54) is 11.8 Å². The zero-order valence-electron chi connectivity index (χ0n) is 14.9. The minimum Gasteiger partial charge on any atom is -0.355 e. The van der Waals surface area contributed by atoms with Gasteiger partial charge in [0.1, 0.15) is 0 Å². The van der Waals surface area contributed by atoms with Crippen LogP contribution >= 0.6 is 24.0 Å². The first-order chi connectivity index (χ1) is 11.5. The van der Waals surface area contributed by atoms with E-state index in [2.05, 4.69) is 50.3 Å². The standard InChI is InChI=1S/C17H28N4O2S.HI/c1-18-17(19-10-11-20-24(2,22)23)21-12-8-16(9-13-21)14-15-6-4-3-5-7-15;/h3-7,16,20H,8-14H2,1-2H3,(H,18,19);1H. The summed E-state index contributed by atoms with van der Waals surface area (Å²) in [6.07, 6.45) is 4.60. The van der Waals surface area contributed by atoms with E-state index in [0.29, 0.717) is 19.0 Å². The number of rotatable bonds is 6. The Hall–Kier alpha value is -0.870. The predicted molar refractivity (Wildman–Crippen MR) is 114 cm³/mol. The number of hydrogen-bond acceptors (Lipinski definition) is 3. The van der Waals surface area contributed by atoms with Gasteiger partial charge in [0.05, 0.1) is 6.26 Å². The summed E-state index contributed by atoms with van der Waals surface area (Å²) in [5.41, 5.74) is 1.41. The van der Waals surface area contributed by atoms with Crippen molar-refractivity contribution in [3.63, 3.8) is 0 Å². The highest BCUT2D eigenvalue weighted by Gasteiger charge is 2.21. The topological polar surface area (TPSA) is 73.8 Å². The van der Waals surface area contributed by atoms with Crippen molar-refractivity contribution < 1.29 is 8.42 Å². The molecule has 0 aliphatic carbocycles. The van der Waals surface area contributed by atoms with Gasteiger partial charge in [0, 0.05) is 33.2 Å². The van der Waals surface area contributed by atoms with E-state index in [0.717, 1.165) is 38.3 Å². The van der Waals surface area contributed by atoms with Crippen molar-refractivity contribution in [1.29, 1.82) is 0 Å². The second-order valence-electron chi connectivity index (χ2n) is 6.26. The molecular weight excluding hydrogens is 451 g/mol. The van der Waals surface area contributed by atoms with Crippen molar-refractivity contribution >= 4 is 40.0 Å². The fraction of sp³-hybridized carbons (Fsp3) is 0.588. The maximum Gasteiger partial charge on any atom is 0.208 e. The van der Waals surface area contributed by atoms with E-state index >= 15 is 0 Å². The zero-order chi connectivity index (χ0) is 17.4. The Labute approximate surface area is 168 Å². The molecule has 0 aromatic heterocycles. The molecule has 1 aliphatic heterocycles. The van der Waals surface area contributed by atoms with Gasteiger partial charge < -0.3 is 10.2 Å². The van der Waals surface area contributed by atoms with Crippen LogP contribution in [0.1, 0.15) is 18.4 Å². The SMILES string of the molecule is CN=C(NCCNS(C)(=O)=O)N1CCC(Cc2ccccc2)CC1.I. The fourth-order valence-corrected chi connectivity index (χ4v) is 3.51. The number of sulfonamides is 1. The first kappa shape index (κ1) is 22.2. The second-order valence-corrected chi connectivity index (χ2v) is 8.09. The van der Waals surface area contributed by atoms with Crippen LogP contribution in [0, 0.1) is 5.92 Å². The monoisotopic (exact) mass is 480 g/mol. The lowest BCUT2D eigenvalue weighted by atomic mass is 9.90. The van der Waals surface area contributed by atoms with Gasteiger partial charge in [0.25, 0.3) is 0 Å². The first-order valence-corrected chi connectivity index (χ1v) is 10.3. The van der Waals surface area contributed by atoms with Gasteiger partial charge in [0.15, 0.2) is 5.96 Å². The molecule has 1 aromatic rings. The summed E-state index contributed by atoms with van der Waals surface area (Å²) >= 11 is 0. The summed E-state index contributed by atoms with van der Waals surface area (Å²) in [5.74, 6) is 1.57. The number of piperidine rings is 1. The zero-order valence-corrected chi connectivity index (χ0v) is 18.1. The summed E-state index contributed by atoms with van der Waals surface area (Å²) in [7, 11) is -1.37. The van der Waals surface area contributed by atoms with Gasteiger partial charge in [-0.1, -0.05) is 30.3 Å². The molecule has 25 heavy (non-hydrogen) atoms. The van der Waals surface area contributed by atoms with E-state index in [9.17, 15) is 8.42 Å². The molecule has 1 heterocycles. The summed E-state index contributed by atoms with van der Waals surface area (Å²) in [4.78, 5) is 6.56. The summed E-state index contributed by atoms with van der Waals surface area (Å²) in [5, 5.41) is 3.23. The number of benzene rings is 1. The van der Waals surface area contributed by atoms with E-state index in [1.807, 2.05) is 0 Å². The van der Waals surface area contributed by atoms with E-state index < -0.39 is 10.0 Å². The smallest absolute Gasteiger partial charge is 0.208 e. The Morgan fingerprint density at radius 1 is 1.20 bits per heavy atom. The van der Waals surface area contributed by atoms with E-state index in [1.54, 1.807) is 7.05 Å². The summed E-state index contributed by atoms with van der Waals surface area (Å²) in [6.45, 7) is 2.86.